The first kappa shape index (κ1) is 18.6. The number of nitrogens with zero attached hydrogens (tertiary/aromatic N) is 1. The molecule has 6 heteroatoms. The maximum atomic E-state index is 12.9. The molecule has 0 aliphatic heterocycles. The van der Waals surface area contributed by atoms with E-state index >= 15 is 0 Å². The highest BCUT2D eigenvalue weighted by Crippen LogP contribution is 2.39. The van der Waals surface area contributed by atoms with E-state index in [-0.39, 0.29) is 23.9 Å². The van der Waals surface area contributed by atoms with Crippen molar-refractivity contribution in [2.45, 2.75) is 44.2 Å². The first-order valence-electron chi connectivity index (χ1n) is 9.98. The van der Waals surface area contributed by atoms with Gasteiger partial charge in [-0.15, -0.1) is 0 Å². The average Bonchev–Trinajstić information content (AvgIpc) is 2.69. The topological polar surface area (TPSA) is 97.1 Å². The molecule has 1 heterocycles. The van der Waals surface area contributed by atoms with Crippen molar-refractivity contribution in [1.29, 1.82) is 0 Å². The molecule has 2 aliphatic rings. The minimum absolute atomic E-state index is 0.0881. The molecule has 146 valence electrons. The molecule has 0 saturated heterocycles. The molecule has 1 aromatic heterocycles. The van der Waals surface area contributed by atoms with Crippen LogP contribution >= 0.6 is 0 Å². The van der Waals surface area contributed by atoms with E-state index in [1.807, 2.05) is 0 Å². The fourth-order valence-electron chi connectivity index (χ4n) is 4.70. The highest BCUT2D eigenvalue weighted by molar-refractivity contribution is 6.04. The lowest BCUT2D eigenvalue weighted by Gasteiger charge is -2.45. The van der Waals surface area contributed by atoms with Crippen LogP contribution in [0.25, 0.3) is 0 Å². The molecule has 2 atom stereocenters. The lowest BCUT2D eigenvalue weighted by Crippen LogP contribution is -2.53. The van der Waals surface area contributed by atoms with Crippen LogP contribution in [0.15, 0.2) is 48.8 Å². The predicted octanol–water partition coefficient (Wildman–Crippen LogP) is 2.97. The summed E-state index contributed by atoms with van der Waals surface area (Å²) in [6.45, 7) is 0. The summed E-state index contributed by atoms with van der Waals surface area (Å²) in [5.41, 5.74) is 7.80. The second-order valence-electron chi connectivity index (χ2n) is 7.96. The van der Waals surface area contributed by atoms with Crippen molar-refractivity contribution in [1.82, 2.24) is 10.3 Å². The Morgan fingerprint density at radius 2 is 1.75 bits per heavy atom. The van der Waals surface area contributed by atoms with Gasteiger partial charge in [0, 0.05) is 35.7 Å². The summed E-state index contributed by atoms with van der Waals surface area (Å²) in [7, 11) is 0. The van der Waals surface area contributed by atoms with Crippen LogP contribution < -0.4 is 16.4 Å². The second kappa shape index (κ2) is 8.10. The number of nitrogens with one attached hydrogen (secondary N) is 2. The van der Waals surface area contributed by atoms with E-state index < -0.39 is 0 Å². The van der Waals surface area contributed by atoms with Crippen molar-refractivity contribution in [2.24, 2.45) is 17.6 Å². The van der Waals surface area contributed by atoms with Crippen LogP contribution in [0.3, 0.4) is 0 Å². The fourth-order valence-corrected chi connectivity index (χ4v) is 4.70. The minimum Gasteiger partial charge on any atom is -0.349 e. The Bertz CT molecular complexity index is 841. The predicted molar refractivity (Wildman–Crippen MR) is 108 cm³/mol. The summed E-state index contributed by atoms with van der Waals surface area (Å²) >= 11 is 0. The van der Waals surface area contributed by atoms with E-state index in [1.54, 1.807) is 42.6 Å². The van der Waals surface area contributed by atoms with Crippen LogP contribution in [0, 0.1) is 11.8 Å². The Kier molecular flexibility index (Phi) is 5.39. The van der Waals surface area contributed by atoms with Crippen LogP contribution in [0.2, 0.25) is 0 Å². The van der Waals surface area contributed by atoms with Gasteiger partial charge < -0.3 is 16.4 Å². The SMILES string of the molecule is NC1CC2CCCC(C1)C2NC(=O)c1cccc(NC(=O)c2cccnc2)c1. The average molecular weight is 378 g/mol. The number of rotatable bonds is 4. The number of aromatic nitrogens is 1. The summed E-state index contributed by atoms with van der Waals surface area (Å²) in [4.78, 5) is 29.1. The van der Waals surface area contributed by atoms with E-state index in [0.29, 0.717) is 28.7 Å². The molecular formula is C22H26N4O2. The van der Waals surface area contributed by atoms with Gasteiger partial charge in [-0.3, -0.25) is 14.6 Å². The second-order valence-corrected chi connectivity index (χ2v) is 7.96. The molecular weight excluding hydrogens is 352 g/mol. The van der Waals surface area contributed by atoms with Crippen molar-refractivity contribution < 1.29 is 9.59 Å². The van der Waals surface area contributed by atoms with Crippen molar-refractivity contribution in [3.05, 3.63) is 59.9 Å². The minimum atomic E-state index is -0.249. The third-order valence-electron chi connectivity index (χ3n) is 5.98. The number of nitrogens with two attached hydrogens (primary N) is 1. The Morgan fingerprint density at radius 1 is 1.00 bits per heavy atom. The lowest BCUT2D eigenvalue weighted by molar-refractivity contribution is 0.0756. The van der Waals surface area contributed by atoms with Crippen molar-refractivity contribution in [2.75, 3.05) is 5.32 Å². The molecule has 4 rings (SSSR count). The smallest absolute Gasteiger partial charge is 0.257 e. The number of carbonyl (C=O) groups is 2. The Hall–Kier alpha value is -2.73. The Morgan fingerprint density at radius 3 is 2.46 bits per heavy atom. The third-order valence-corrected chi connectivity index (χ3v) is 5.98. The van der Waals surface area contributed by atoms with Gasteiger partial charge in [-0.05, 0) is 67.9 Å². The number of benzene rings is 1. The summed E-state index contributed by atoms with van der Waals surface area (Å²) < 4.78 is 0. The van der Waals surface area contributed by atoms with E-state index in [1.165, 1.54) is 12.6 Å². The molecule has 2 unspecified atom stereocenters. The monoisotopic (exact) mass is 378 g/mol. The zero-order valence-corrected chi connectivity index (χ0v) is 15.8. The van der Waals surface area contributed by atoms with Crippen LogP contribution in [0.1, 0.15) is 52.8 Å². The van der Waals surface area contributed by atoms with Crippen LogP contribution in [0.4, 0.5) is 5.69 Å². The molecule has 2 saturated carbocycles. The van der Waals surface area contributed by atoms with E-state index in [4.69, 9.17) is 5.73 Å². The van der Waals surface area contributed by atoms with Crippen molar-refractivity contribution in [3.63, 3.8) is 0 Å². The van der Waals surface area contributed by atoms with E-state index in [2.05, 4.69) is 15.6 Å². The molecule has 2 amide bonds. The van der Waals surface area contributed by atoms with Gasteiger partial charge in [0.25, 0.3) is 11.8 Å². The summed E-state index contributed by atoms with van der Waals surface area (Å²) in [5, 5.41) is 6.08. The molecule has 2 aliphatic carbocycles. The number of carbonyl (C=O) groups excluding carboxylic acids is 2. The summed E-state index contributed by atoms with van der Waals surface area (Å²) in [5.74, 6) is 0.608. The molecule has 2 fully saturated rings. The number of anilines is 1. The fraction of sp³-hybridized carbons (Fsp3) is 0.409. The first-order chi connectivity index (χ1) is 13.6. The van der Waals surface area contributed by atoms with Crippen LogP contribution in [-0.2, 0) is 0 Å². The Balaban J connectivity index is 1.44. The molecule has 28 heavy (non-hydrogen) atoms. The summed E-state index contributed by atoms with van der Waals surface area (Å²) in [6, 6.07) is 10.9. The van der Waals surface area contributed by atoms with Crippen LogP contribution in [-0.4, -0.2) is 28.9 Å². The highest BCUT2D eigenvalue weighted by atomic mass is 16.2. The largest absolute Gasteiger partial charge is 0.349 e. The maximum Gasteiger partial charge on any atom is 0.257 e. The zero-order chi connectivity index (χ0) is 19.5. The van der Waals surface area contributed by atoms with Gasteiger partial charge in [0.05, 0.1) is 5.56 Å². The number of fused-ring (bicyclic) bond motifs is 2. The lowest BCUT2D eigenvalue weighted by atomic mass is 9.67. The normalized spacial score (nSPS) is 26.3. The zero-order valence-electron chi connectivity index (χ0n) is 15.8. The Labute approximate surface area is 164 Å². The molecule has 6 nitrogen and oxygen atoms in total. The van der Waals surface area contributed by atoms with Gasteiger partial charge in [0.1, 0.15) is 0 Å². The first-order valence-corrected chi connectivity index (χ1v) is 9.98. The molecule has 2 bridgehead atoms. The molecule has 2 aromatic rings. The van der Waals surface area contributed by atoms with E-state index in [0.717, 1.165) is 25.7 Å². The maximum absolute atomic E-state index is 12.9. The number of hydrogen-bond donors (Lipinski definition) is 3. The van der Waals surface area contributed by atoms with Crippen molar-refractivity contribution >= 4 is 17.5 Å². The van der Waals surface area contributed by atoms with E-state index in [9.17, 15) is 9.59 Å². The van der Waals surface area contributed by atoms with Gasteiger partial charge in [0.2, 0.25) is 0 Å². The van der Waals surface area contributed by atoms with Gasteiger partial charge in [-0.1, -0.05) is 12.5 Å². The van der Waals surface area contributed by atoms with Crippen LogP contribution in [0.5, 0.6) is 0 Å². The van der Waals surface area contributed by atoms with Gasteiger partial charge >= 0.3 is 0 Å². The molecule has 1 aromatic carbocycles. The molecule has 4 N–H and O–H groups in total. The summed E-state index contributed by atoms with van der Waals surface area (Å²) in [6.07, 6.45) is 8.61. The quantitative estimate of drug-likeness (QED) is 0.762. The molecule has 0 radical (unpaired) electrons. The van der Waals surface area contributed by atoms with Crippen molar-refractivity contribution in [3.8, 4) is 0 Å². The molecule has 0 spiro atoms. The standard InChI is InChI=1S/C22H26N4O2/c23-18-10-14-4-1-5-15(11-18)20(14)26-21(27)16-6-2-8-19(12-16)25-22(28)17-7-3-9-24-13-17/h2-3,6-9,12-15,18,20H,1,4-5,10-11,23H2,(H,25,28)(H,26,27). The number of hydrogen-bond acceptors (Lipinski definition) is 4. The highest BCUT2D eigenvalue weighted by Gasteiger charge is 2.39. The number of pyridine rings is 1. The third kappa shape index (κ3) is 4.07. The number of amides is 2. The van der Waals surface area contributed by atoms with Gasteiger partial charge in [-0.25, -0.2) is 0 Å². The van der Waals surface area contributed by atoms with Gasteiger partial charge in [0.15, 0.2) is 0 Å². The van der Waals surface area contributed by atoms with Gasteiger partial charge in [-0.2, -0.15) is 0 Å².